The van der Waals surface area contributed by atoms with E-state index in [4.69, 9.17) is 21.1 Å². The fourth-order valence-electron chi connectivity index (χ4n) is 3.43. The van der Waals surface area contributed by atoms with E-state index < -0.39 is 29.9 Å². The topological polar surface area (TPSA) is 97.0 Å². The third-order valence-electron chi connectivity index (χ3n) is 5.13. The summed E-state index contributed by atoms with van der Waals surface area (Å²) in [6.07, 6.45) is 0. The lowest BCUT2D eigenvalue weighted by molar-refractivity contribution is -0.134. The molecule has 0 bridgehead atoms. The Hall–Kier alpha value is -3.26. The molecule has 0 saturated carbocycles. The number of hydrogen-bond acceptors (Lipinski definition) is 5. The van der Waals surface area contributed by atoms with Gasteiger partial charge >= 0.3 is 6.03 Å². The number of carbonyl (C=O) groups is 3. The first-order valence-corrected chi connectivity index (χ1v) is 9.80. The maximum absolute atomic E-state index is 13.0. The number of rotatable bonds is 5. The van der Waals surface area contributed by atoms with Crippen molar-refractivity contribution in [1.29, 1.82) is 0 Å². The molecule has 2 aromatic carbocycles. The van der Waals surface area contributed by atoms with E-state index in [1.54, 1.807) is 43.3 Å². The van der Waals surface area contributed by atoms with Crippen LogP contribution in [0.15, 0.2) is 42.5 Å². The summed E-state index contributed by atoms with van der Waals surface area (Å²) in [7, 11) is 0. The predicted molar refractivity (Wildman–Crippen MR) is 108 cm³/mol. The van der Waals surface area contributed by atoms with E-state index in [0.717, 1.165) is 10.5 Å². The Morgan fingerprint density at radius 1 is 1.17 bits per heavy atom. The smallest absolute Gasteiger partial charge is 0.325 e. The van der Waals surface area contributed by atoms with Crippen LogP contribution in [0.4, 0.5) is 4.79 Å². The molecule has 30 heavy (non-hydrogen) atoms. The highest BCUT2D eigenvalue weighted by molar-refractivity contribution is 6.31. The van der Waals surface area contributed by atoms with Crippen LogP contribution >= 0.6 is 11.6 Å². The van der Waals surface area contributed by atoms with Crippen LogP contribution in [0, 0.1) is 0 Å². The summed E-state index contributed by atoms with van der Waals surface area (Å²) in [5, 5.41) is 5.89. The maximum atomic E-state index is 13.0. The van der Waals surface area contributed by atoms with Crippen molar-refractivity contribution in [3.05, 3.63) is 58.6 Å². The highest BCUT2D eigenvalue weighted by Crippen LogP contribution is 2.36. The monoisotopic (exact) mass is 429 g/mol. The number of halogens is 1. The van der Waals surface area contributed by atoms with Crippen molar-refractivity contribution in [1.82, 2.24) is 15.5 Å². The van der Waals surface area contributed by atoms with Crippen LogP contribution in [-0.2, 0) is 21.7 Å². The summed E-state index contributed by atoms with van der Waals surface area (Å²) in [4.78, 5) is 38.8. The van der Waals surface area contributed by atoms with Crippen molar-refractivity contribution >= 4 is 29.4 Å². The van der Waals surface area contributed by atoms with E-state index in [1.165, 1.54) is 0 Å². The van der Waals surface area contributed by atoms with Gasteiger partial charge in [-0.15, -0.1) is 0 Å². The second kappa shape index (κ2) is 7.87. The highest BCUT2D eigenvalue weighted by Gasteiger charge is 2.49. The minimum absolute atomic E-state index is 0.196. The van der Waals surface area contributed by atoms with Gasteiger partial charge in [0.15, 0.2) is 11.5 Å². The Kier molecular flexibility index (Phi) is 5.26. The van der Waals surface area contributed by atoms with Gasteiger partial charge < -0.3 is 20.1 Å². The van der Waals surface area contributed by atoms with Gasteiger partial charge in [-0.3, -0.25) is 14.5 Å². The number of imide groups is 1. The molecule has 9 heteroatoms. The Morgan fingerprint density at radius 3 is 2.67 bits per heavy atom. The van der Waals surface area contributed by atoms with E-state index in [1.807, 2.05) is 6.07 Å². The minimum atomic E-state index is -1.31. The van der Waals surface area contributed by atoms with Crippen LogP contribution in [-0.4, -0.2) is 42.5 Å². The largest absolute Gasteiger partial charge is 0.486 e. The number of hydrogen-bond donors (Lipinski definition) is 2. The zero-order valence-electron chi connectivity index (χ0n) is 16.2. The first kappa shape index (κ1) is 20.0. The molecule has 8 nitrogen and oxygen atoms in total. The SMILES string of the molecule is C[C@]1(c2ccc3c(c2)OCCO3)NC(=O)N(CC(=O)NCc2ccccc2Cl)C1=O. The number of ether oxygens (including phenoxy) is 2. The van der Waals surface area contributed by atoms with Gasteiger partial charge in [0.25, 0.3) is 5.91 Å². The molecule has 4 rings (SSSR count). The van der Waals surface area contributed by atoms with Crippen LogP contribution in [0.1, 0.15) is 18.1 Å². The first-order chi connectivity index (χ1) is 14.4. The van der Waals surface area contributed by atoms with Gasteiger partial charge in [-0.05, 0) is 36.2 Å². The predicted octanol–water partition coefficient (Wildman–Crippen LogP) is 2.19. The van der Waals surface area contributed by atoms with Crippen LogP contribution < -0.4 is 20.1 Å². The highest BCUT2D eigenvalue weighted by atomic mass is 35.5. The molecule has 0 aliphatic carbocycles. The summed E-state index contributed by atoms with van der Waals surface area (Å²) in [5.74, 6) is 0.112. The molecular weight excluding hydrogens is 410 g/mol. The second-order valence-electron chi connectivity index (χ2n) is 7.17. The normalized spacial score (nSPS) is 20.1. The molecule has 0 radical (unpaired) electrons. The molecule has 156 valence electrons. The van der Waals surface area contributed by atoms with Crippen LogP contribution in [0.3, 0.4) is 0 Å². The van der Waals surface area contributed by atoms with Crippen molar-refractivity contribution in [2.45, 2.75) is 19.0 Å². The van der Waals surface area contributed by atoms with Gasteiger partial charge in [-0.2, -0.15) is 0 Å². The van der Waals surface area contributed by atoms with Gasteiger partial charge in [0.2, 0.25) is 5.91 Å². The van der Waals surface area contributed by atoms with Crippen LogP contribution in [0.2, 0.25) is 5.02 Å². The molecule has 2 N–H and O–H groups in total. The molecule has 0 spiro atoms. The first-order valence-electron chi connectivity index (χ1n) is 9.43. The van der Waals surface area contributed by atoms with Crippen molar-refractivity contribution in [2.75, 3.05) is 19.8 Å². The fourth-order valence-corrected chi connectivity index (χ4v) is 3.63. The number of fused-ring (bicyclic) bond motifs is 1. The number of nitrogens with one attached hydrogen (secondary N) is 2. The van der Waals surface area contributed by atoms with Gasteiger partial charge in [-0.25, -0.2) is 4.79 Å². The molecule has 1 saturated heterocycles. The van der Waals surface area contributed by atoms with E-state index in [0.29, 0.717) is 35.3 Å². The second-order valence-corrected chi connectivity index (χ2v) is 7.58. The molecule has 2 aromatic rings. The molecular formula is C21H20ClN3O5. The Labute approximate surface area is 178 Å². The number of benzene rings is 2. The lowest BCUT2D eigenvalue weighted by atomic mass is 9.91. The van der Waals surface area contributed by atoms with Gasteiger partial charge in [0.05, 0.1) is 0 Å². The Bertz CT molecular complexity index is 1030. The van der Waals surface area contributed by atoms with E-state index >= 15 is 0 Å². The number of urea groups is 1. The summed E-state index contributed by atoms with van der Waals surface area (Å²) in [6, 6.07) is 11.6. The molecule has 1 fully saturated rings. The number of carbonyl (C=O) groups excluding carboxylic acids is 3. The van der Waals surface area contributed by atoms with Crippen LogP contribution in [0.25, 0.3) is 0 Å². The van der Waals surface area contributed by atoms with Crippen molar-refractivity contribution in [3.63, 3.8) is 0 Å². The molecule has 4 amide bonds. The fraction of sp³-hybridized carbons (Fsp3) is 0.286. The zero-order chi connectivity index (χ0) is 21.3. The Balaban J connectivity index is 1.46. The summed E-state index contributed by atoms with van der Waals surface area (Å²) in [6.45, 7) is 2.26. The molecule has 2 aliphatic rings. The van der Waals surface area contributed by atoms with E-state index in [2.05, 4.69) is 10.6 Å². The molecule has 2 heterocycles. The molecule has 0 unspecified atom stereocenters. The summed E-state index contributed by atoms with van der Waals surface area (Å²) >= 11 is 6.08. The summed E-state index contributed by atoms with van der Waals surface area (Å²) in [5.41, 5.74) is -0.0226. The molecule has 1 atom stereocenters. The van der Waals surface area contributed by atoms with Gasteiger partial charge in [0, 0.05) is 11.6 Å². The van der Waals surface area contributed by atoms with Gasteiger partial charge in [-0.1, -0.05) is 35.9 Å². The van der Waals surface area contributed by atoms with E-state index in [-0.39, 0.29) is 6.54 Å². The average molecular weight is 430 g/mol. The van der Waals surface area contributed by atoms with Crippen LogP contribution in [0.5, 0.6) is 11.5 Å². The Morgan fingerprint density at radius 2 is 1.90 bits per heavy atom. The molecule has 0 aromatic heterocycles. The van der Waals surface area contributed by atoms with Gasteiger partial charge in [0.1, 0.15) is 25.3 Å². The summed E-state index contributed by atoms with van der Waals surface area (Å²) < 4.78 is 11.1. The van der Waals surface area contributed by atoms with Crippen molar-refractivity contribution in [2.24, 2.45) is 0 Å². The number of amides is 4. The molecule has 2 aliphatic heterocycles. The standard InChI is InChI=1S/C21H20ClN3O5/c1-21(14-6-7-16-17(10-14)30-9-8-29-16)19(27)25(20(28)24-21)12-18(26)23-11-13-4-2-3-5-15(13)22/h2-7,10H,8-9,11-12H2,1H3,(H,23,26)(H,24,28)/t21-/m1/s1. The van der Waals surface area contributed by atoms with Crippen molar-refractivity contribution < 1.29 is 23.9 Å². The third kappa shape index (κ3) is 3.66. The zero-order valence-corrected chi connectivity index (χ0v) is 17.0. The average Bonchev–Trinajstić information content (AvgIpc) is 2.96. The minimum Gasteiger partial charge on any atom is -0.486 e. The maximum Gasteiger partial charge on any atom is 0.325 e. The van der Waals surface area contributed by atoms with Crippen molar-refractivity contribution in [3.8, 4) is 11.5 Å². The lowest BCUT2D eigenvalue weighted by Crippen LogP contribution is -2.43. The number of nitrogens with zero attached hydrogens (tertiary/aromatic N) is 1. The lowest BCUT2D eigenvalue weighted by Gasteiger charge is -2.25. The van der Waals surface area contributed by atoms with E-state index in [9.17, 15) is 14.4 Å². The third-order valence-corrected chi connectivity index (χ3v) is 5.50. The quantitative estimate of drug-likeness (QED) is 0.710.